The number of benzene rings is 2. The van der Waals surface area contributed by atoms with E-state index in [0.717, 1.165) is 17.6 Å². The van der Waals surface area contributed by atoms with Gasteiger partial charge in [-0.1, -0.05) is 29.8 Å². The predicted molar refractivity (Wildman–Crippen MR) is 114 cm³/mol. The van der Waals surface area contributed by atoms with E-state index in [4.69, 9.17) is 0 Å². The molecule has 0 aliphatic carbocycles. The first-order chi connectivity index (χ1) is 15.3. The average Bonchev–Trinajstić information content (AvgIpc) is 2.74. The molecule has 164 valence electrons. The number of carbonyl (C=O) groups is 1. The number of anilines is 1. The van der Waals surface area contributed by atoms with Crippen LogP contribution in [0.4, 0.5) is 23.4 Å². The molecule has 3 aromatic rings. The van der Waals surface area contributed by atoms with Crippen LogP contribution in [0.3, 0.4) is 0 Å². The molecule has 3 nitrogen and oxygen atoms in total. The second kappa shape index (κ2) is 8.94. The minimum Gasteiger partial charge on any atom is -0.350 e. The van der Waals surface area contributed by atoms with Gasteiger partial charge in [0.2, 0.25) is 0 Å². The Balaban J connectivity index is 1.52. The molecule has 0 spiro atoms. The number of carbonyl (C=O) groups excluding carboxylic acids is 1. The zero-order valence-electron chi connectivity index (χ0n) is 17.3. The Morgan fingerprint density at radius 2 is 1.69 bits per heavy atom. The minimum atomic E-state index is -1.21. The summed E-state index contributed by atoms with van der Waals surface area (Å²) >= 11 is 0. The van der Waals surface area contributed by atoms with E-state index in [1.807, 2.05) is 24.0 Å². The van der Waals surface area contributed by atoms with Gasteiger partial charge < -0.3 is 4.90 Å². The Hall–Kier alpha value is -3.48. The van der Waals surface area contributed by atoms with E-state index in [9.17, 15) is 22.4 Å². The van der Waals surface area contributed by atoms with Crippen LogP contribution >= 0.6 is 0 Å². The molecular formula is C25H20F4N2O. The van der Waals surface area contributed by atoms with Crippen LogP contribution in [0.1, 0.15) is 34.8 Å². The van der Waals surface area contributed by atoms with Crippen LogP contribution in [-0.2, 0) is 6.42 Å². The van der Waals surface area contributed by atoms with Gasteiger partial charge in [0.25, 0.3) is 0 Å². The number of pyridine rings is 1. The monoisotopic (exact) mass is 440 g/mol. The van der Waals surface area contributed by atoms with Crippen molar-refractivity contribution < 1.29 is 22.4 Å². The third kappa shape index (κ3) is 4.42. The van der Waals surface area contributed by atoms with Crippen LogP contribution in [0, 0.1) is 23.3 Å². The van der Waals surface area contributed by atoms with E-state index in [1.165, 1.54) is 11.6 Å². The predicted octanol–water partition coefficient (Wildman–Crippen LogP) is 5.75. The summed E-state index contributed by atoms with van der Waals surface area (Å²) in [6.45, 7) is 3.17. The maximum Gasteiger partial charge on any atom is 0.173 e. The molecule has 0 amide bonds. The van der Waals surface area contributed by atoms with Crippen LogP contribution in [0.25, 0.3) is 5.57 Å². The van der Waals surface area contributed by atoms with Gasteiger partial charge in [-0.3, -0.25) is 4.79 Å². The lowest BCUT2D eigenvalue weighted by Gasteiger charge is -2.31. The molecule has 7 heteroatoms. The SMILES string of the molecule is CC1=C(c2ccc(CC(=O)c3c(F)cc(F)cc3F)cc2)CN(c2ncccc2F)CC1. The van der Waals surface area contributed by atoms with Crippen LogP contribution in [0.5, 0.6) is 0 Å². The molecule has 1 aromatic heterocycles. The molecule has 2 heterocycles. The van der Waals surface area contributed by atoms with Gasteiger partial charge in [-0.15, -0.1) is 0 Å². The number of hydrogen-bond donors (Lipinski definition) is 0. The summed E-state index contributed by atoms with van der Waals surface area (Å²) in [6, 6.07) is 11.0. The van der Waals surface area contributed by atoms with Crippen LogP contribution in [0.15, 0.2) is 60.3 Å². The van der Waals surface area contributed by atoms with Gasteiger partial charge in [0.1, 0.15) is 17.5 Å². The van der Waals surface area contributed by atoms with Crippen molar-refractivity contribution in [2.75, 3.05) is 18.0 Å². The molecule has 2 aromatic carbocycles. The van der Waals surface area contributed by atoms with E-state index in [0.29, 0.717) is 36.6 Å². The molecular weight excluding hydrogens is 420 g/mol. The Morgan fingerprint density at radius 3 is 2.34 bits per heavy atom. The van der Waals surface area contributed by atoms with Crippen molar-refractivity contribution >= 4 is 17.2 Å². The molecule has 0 radical (unpaired) electrons. The van der Waals surface area contributed by atoms with Crippen molar-refractivity contribution in [2.24, 2.45) is 0 Å². The third-order valence-corrected chi connectivity index (χ3v) is 5.61. The summed E-state index contributed by atoms with van der Waals surface area (Å²) in [7, 11) is 0. The molecule has 1 aliphatic heterocycles. The lowest BCUT2D eigenvalue weighted by molar-refractivity contribution is 0.0984. The standard InChI is InChI=1S/C25H20F4N2O/c1-15-8-10-31(25-20(27)3-2-9-30-25)14-19(15)17-6-4-16(5-7-17)11-23(32)24-21(28)12-18(26)13-22(24)29/h2-7,9,12-13H,8,10-11,14H2,1H3. The molecule has 0 unspecified atom stereocenters. The molecule has 0 N–H and O–H groups in total. The molecule has 0 atom stereocenters. The Kier molecular flexibility index (Phi) is 6.08. The van der Waals surface area contributed by atoms with Crippen molar-refractivity contribution in [3.8, 4) is 0 Å². The quantitative estimate of drug-likeness (QED) is 0.374. The molecule has 0 saturated heterocycles. The van der Waals surface area contributed by atoms with E-state index in [2.05, 4.69) is 4.98 Å². The largest absolute Gasteiger partial charge is 0.350 e. The van der Waals surface area contributed by atoms with E-state index >= 15 is 0 Å². The fraction of sp³-hybridized carbons (Fsp3) is 0.200. The first-order valence-electron chi connectivity index (χ1n) is 10.1. The average molecular weight is 440 g/mol. The second-order valence-electron chi connectivity index (χ2n) is 7.78. The highest BCUT2D eigenvalue weighted by atomic mass is 19.1. The zero-order chi connectivity index (χ0) is 22.8. The highest BCUT2D eigenvalue weighted by molar-refractivity contribution is 5.98. The summed E-state index contributed by atoms with van der Waals surface area (Å²) in [5, 5.41) is 0. The molecule has 4 rings (SSSR count). The smallest absolute Gasteiger partial charge is 0.173 e. The first-order valence-corrected chi connectivity index (χ1v) is 10.1. The number of hydrogen-bond acceptors (Lipinski definition) is 3. The molecule has 0 saturated carbocycles. The topological polar surface area (TPSA) is 33.2 Å². The number of Topliss-reactive ketones (excluding diaryl/α,β-unsaturated/α-hetero) is 1. The highest BCUT2D eigenvalue weighted by Crippen LogP contribution is 2.30. The normalized spacial score (nSPS) is 14.1. The van der Waals surface area contributed by atoms with Gasteiger partial charge in [-0.25, -0.2) is 22.5 Å². The highest BCUT2D eigenvalue weighted by Gasteiger charge is 2.22. The van der Waals surface area contributed by atoms with Crippen molar-refractivity contribution in [1.82, 2.24) is 4.98 Å². The second-order valence-corrected chi connectivity index (χ2v) is 7.78. The van der Waals surface area contributed by atoms with Crippen LogP contribution in [0.2, 0.25) is 0 Å². The Labute approximate surface area is 183 Å². The summed E-state index contributed by atoms with van der Waals surface area (Å²) < 4.78 is 55.0. The van der Waals surface area contributed by atoms with E-state index in [-0.39, 0.29) is 12.2 Å². The van der Waals surface area contributed by atoms with Crippen molar-refractivity contribution in [3.05, 3.63) is 100 Å². The van der Waals surface area contributed by atoms with Crippen molar-refractivity contribution in [3.63, 3.8) is 0 Å². The number of ketones is 1. The summed E-state index contributed by atoms with van der Waals surface area (Å²) in [5.74, 6) is -4.33. The molecule has 32 heavy (non-hydrogen) atoms. The lowest BCUT2D eigenvalue weighted by Crippen LogP contribution is -2.32. The van der Waals surface area contributed by atoms with Gasteiger partial charge in [0.15, 0.2) is 17.4 Å². The summed E-state index contributed by atoms with van der Waals surface area (Å²) in [6.07, 6.45) is 2.10. The van der Waals surface area contributed by atoms with Crippen molar-refractivity contribution in [2.45, 2.75) is 19.8 Å². The Morgan fingerprint density at radius 1 is 1.00 bits per heavy atom. The maximum absolute atomic E-state index is 14.2. The first kappa shape index (κ1) is 21.7. The van der Waals surface area contributed by atoms with Gasteiger partial charge in [0.05, 0.1) is 5.56 Å². The van der Waals surface area contributed by atoms with Gasteiger partial charge in [0, 0.05) is 37.8 Å². The molecule has 0 bridgehead atoms. The third-order valence-electron chi connectivity index (χ3n) is 5.61. The maximum atomic E-state index is 14.2. The van der Waals surface area contributed by atoms with Gasteiger partial charge in [-0.2, -0.15) is 0 Å². The van der Waals surface area contributed by atoms with Crippen LogP contribution < -0.4 is 4.90 Å². The number of rotatable bonds is 5. The number of aromatic nitrogens is 1. The number of nitrogens with zero attached hydrogens (tertiary/aromatic N) is 2. The van der Waals surface area contributed by atoms with Crippen LogP contribution in [-0.4, -0.2) is 23.9 Å². The van der Waals surface area contributed by atoms with Gasteiger partial charge in [-0.05, 0) is 42.2 Å². The fourth-order valence-corrected chi connectivity index (χ4v) is 3.89. The molecule has 0 fully saturated rings. The van der Waals surface area contributed by atoms with Crippen molar-refractivity contribution in [1.29, 1.82) is 0 Å². The number of halogens is 4. The summed E-state index contributed by atoms with van der Waals surface area (Å²) in [4.78, 5) is 18.4. The zero-order valence-corrected chi connectivity index (χ0v) is 17.3. The minimum absolute atomic E-state index is 0.219. The fourth-order valence-electron chi connectivity index (χ4n) is 3.89. The Bertz CT molecular complexity index is 1180. The van der Waals surface area contributed by atoms with E-state index in [1.54, 1.807) is 24.4 Å². The summed E-state index contributed by atoms with van der Waals surface area (Å²) in [5.41, 5.74) is 2.96. The van der Waals surface area contributed by atoms with E-state index < -0.39 is 28.8 Å². The van der Waals surface area contributed by atoms with Gasteiger partial charge >= 0.3 is 0 Å². The molecule has 1 aliphatic rings. The lowest BCUT2D eigenvalue weighted by atomic mass is 9.93.